The van der Waals surface area contributed by atoms with Gasteiger partial charge in [-0.3, -0.25) is 9.59 Å². The zero-order valence-corrected chi connectivity index (χ0v) is 16.5. The fraction of sp³-hybridized carbons (Fsp3) is 0.273. The van der Waals surface area contributed by atoms with Gasteiger partial charge in [0.15, 0.2) is 0 Å². The minimum absolute atomic E-state index is 0.246. The van der Waals surface area contributed by atoms with Gasteiger partial charge >= 0.3 is 0 Å². The molecule has 0 fully saturated rings. The minimum Gasteiger partial charge on any atom is -0.506 e. The third-order valence-electron chi connectivity index (χ3n) is 4.71. The van der Waals surface area contributed by atoms with Gasteiger partial charge in [-0.2, -0.15) is 0 Å². The van der Waals surface area contributed by atoms with Gasteiger partial charge in [-0.15, -0.1) is 0 Å². The molecule has 0 aliphatic heterocycles. The molecule has 0 spiro atoms. The fourth-order valence-corrected chi connectivity index (χ4v) is 3.37. The zero-order valence-electron chi connectivity index (χ0n) is 15.7. The molecular formula is C22H23ClN2O3. The number of pyridine rings is 1. The second kappa shape index (κ2) is 8.93. The van der Waals surface area contributed by atoms with E-state index in [0.717, 1.165) is 25.7 Å². The van der Waals surface area contributed by atoms with Crippen LogP contribution in [-0.4, -0.2) is 15.6 Å². The number of fused-ring (bicyclic) bond motifs is 1. The molecule has 0 saturated heterocycles. The van der Waals surface area contributed by atoms with Gasteiger partial charge in [-0.1, -0.05) is 49.9 Å². The minimum atomic E-state index is -0.641. The molecule has 146 valence electrons. The summed E-state index contributed by atoms with van der Waals surface area (Å²) < 4.78 is 1.58. The highest BCUT2D eigenvalue weighted by molar-refractivity contribution is 6.30. The molecule has 3 rings (SSSR count). The SMILES string of the molecule is CCCCCCn1c(=O)c(C(=O)Nc2ccc(Cl)cc2)c(O)c2ccccc21. The van der Waals surface area contributed by atoms with E-state index in [1.54, 1.807) is 47.0 Å². The Morgan fingerprint density at radius 2 is 1.79 bits per heavy atom. The summed E-state index contributed by atoms with van der Waals surface area (Å²) in [6, 6.07) is 13.7. The second-order valence-electron chi connectivity index (χ2n) is 6.72. The van der Waals surface area contributed by atoms with E-state index >= 15 is 0 Å². The molecule has 3 aromatic rings. The van der Waals surface area contributed by atoms with Crippen molar-refractivity contribution in [2.75, 3.05) is 5.32 Å². The summed E-state index contributed by atoms with van der Waals surface area (Å²) in [6.07, 6.45) is 4.03. The number of aromatic nitrogens is 1. The fourth-order valence-electron chi connectivity index (χ4n) is 3.24. The summed E-state index contributed by atoms with van der Waals surface area (Å²) in [5.74, 6) is -0.935. The topological polar surface area (TPSA) is 71.3 Å². The number of carbonyl (C=O) groups is 1. The summed E-state index contributed by atoms with van der Waals surface area (Å²) in [5, 5.41) is 14.4. The maximum atomic E-state index is 13.1. The maximum absolute atomic E-state index is 13.1. The highest BCUT2D eigenvalue weighted by atomic mass is 35.5. The van der Waals surface area contributed by atoms with Crippen LogP contribution in [0, 0.1) is 0 Å². The van der Waals surface area contributed by atoms with Gasteiger partial charge in [0.25, 0.3) is 11.5 Å². The Hall–Kier alpha value is -2.79. The number of benzene rings is 2. The first kappa shape index (κ1) is 20.0. The number of carbonyl (C=O) groups excluding carboxylic acids is 1. The molecule has 0 aliphatic carbocycles. The Kier molecular flexibility index (Phi) is 6.37. The predicted octanol–water partition coefficient (Wildman–Crippen LogP) is 5.19. The quantitative estimate of drug-likeness (QED) is 0.538. The molecule has 0 unspecified atom stereocenters. The molecule has 28 heavy (non-hydrogen) atoms. The molecule has 1 heterocycles. The summed E-state index contributed by atoms with van der Waals surface area (Å²) in [7, 11) is 0. The lowest BCUT2D eigenvalue weighted by atomic mass is 10.1. The number of para-hydroxylation sites is 1. The van der Waals surface area contributed by atoms with Gasteiger partial charge in [0.05, 0.1) is 5.52 Å². The predicted molar refractivity (Wildman–Crippen MR) is 113 cm³/mol. The second-order valence-corrected chi connectivity index (χ2v) is 7.16. The van der Waals surface area contributed by atoms with Crippen LogP contribution in [0.4, 0.5) is 5.69 Å². The number of nitrogens with zero attached hydrogens (tertiary/aromatic N) is 1. The maximum Gasteiger partial charge on any atom is 0.267 e. The summed E-state index contributed by atoms with van der Waals surface area (Å²) >= 11 is 5.87. The summed E-state index contributed by atoms with van der Waals surface area (Å²) in [6.45, 7) is 2.63. The molecule has 0 aliphatic rings. The number of hydrogen-bond acceptors (Lipinski definition) is 3. The van der Waals surface area contributed by atoms with Crippen LogP contribution in [0.1, 0.15) is 43.0 Å². The van der Waals surface area contributed by atoms with Crippen LogP contribution < -0.4 is 10.9 Å². The van der Waals surface area contributed by atoms with Gasteiger partial charge in [0, 0.05) is 22.6 Å². The third kappa shape index (κ3) is 4.20. The van der Waals surface area contributed by atoms with Crippen LogP contribution in [-0.2, 0) is 6.54 Å². The Balaban J connectivity index is 2.02. The van der Waals surface area contributed by atoms with Crippen LogP contribution in [0.5, 0.6) is 5.75 Å². The van der Waals surface area contributed by atoms with Crippen LogP contribution in [0.15, 0.2) is 53.3 Å². The first-order valence-corrected chi connectivity index (χ1v) is 9.82. The van der Waals surface area contributed by atoms with Crippen LogP contribution in [0.3, 0.4) is 0 Å². The molecule has 1 amide bonds. The van der Waals surface area contributed by atoms with Crippen molar-refractivity contribution in [3.8, 4) is 5.75 Å². The first-order valence-electron chi connectivity index (χ1n) is 9.44. The number of aryl methyl sites for hydroxylation is 1. The number of hydrogen-bond donors (Lipinski definition) is 2. The molecule has 0 atom stereocenters. The molecule has 0 radical (unpaired) electrons. The molecule has 5 nitrogen and oxygen atoms in total. The van der Waals surface area contributed by atoms with E-state index < -0.39 is 11.5 Å². The van der Waals surface area contributed by atoms with Gasteiger partial charge in [0.2, 0.25) is 0 Å². The number of amides is 1. The molecule has 0 saturated carbocycles. The molecule has 0 bridgehead atoms. The van der Waals surface area contributed by atoms with Crippen molar-refractivity contribution in [2.24, 2.45) is 0 Å². The third-order valence-corrected chi connectivity index (χ3v) is 4.96. The average molecular weight is 399 g/mol. The largest absolute Gasteiger partial charge is 0.506 e. The van der Waals surface area contributed by atoms with Gasteiger partial charge < -0.3 is 15.0 Å². The summed E-state index contributed by atoms with van der Waals surface area (Å²) in [4.78, 5) is 25.9. The Bertz CT molecular complexity index is 1040. The van der Waals surface area contributed by atoms with Crippen molar-refractivity contribution < 1.29 is 9.90 Å². The van der Waals surface area contributed by atoms with Crippen molar-refractivity contribution in [3.05, 3.63) is 69.5 Å². The van der Waals surface area contributed by atoms with E-state index in [4.69, 9.17) is 11.6 Å². The smallest absolute Gasteiger partial charge is 0.267 e. The zero-order chi connectivity index (χ0) is 20.1. The van der Waals surface area contributed by atoms with Gasteiger partial charge in [-0.25, -0.2) is 0 Å². The standard InChI is InChI=1S/C22H23ClN2O3/c1-2-3-4-7-14-25-18-9-6-5-8-17(18)20(26)19(22(25)28)21(27)24-16-12-10-15(23)11-13-16/h5-6,8-13,26H,2-4,7,14H2,1H3,(H,24,27). The molecule has 2 aromatic carbocycles. The average Bonchev–Trinajstić information content (AvgIpc) is 2.69. The molecule has 2 N–H and O–H groups in total. The molecule has 6 heteroatoms. The van der Waals surface area contributed by atoms with E-state index in [0.29, 0.717) is 28.2 Å². The Morgan fingerprint density at radius 1 is 1.07 bits per heavy atom. The summed E-state index contributed by atoms with van der Waals surface area (Å²) in [5.41, 5.74) is 0.392. The van der Waals surface area contributed by atoms with Crippen LogP contribution in [0.2, 0.25) is 5.02 Å². The molecule has 1 aromatic heterocycles. The highest BCUT2D eigenvalue weighted by Gasteiger charge is 2.22. The number of unbranched alkanes of at least 4 members (excludes halogenated alkanes) is 3. The van der Waals surface area contributed by atoms with Crippen molar-refractivity contribution in [1.29, 1.82) is 0 Å². The lowest BCUT2D eigenvalue weighted by molar-refractivity contribution is 0.102. The Labute approximate surface area is 168 Å². The monoisotopic (exact) mass is 398 g/mol. The van der Waals surface area contributed by atoms with E-state index in [-0.39, 0.29) is 11.3 Å². The van der Waals surface area contributed by atoms with Crippen molar-refractivity contribution >= 4 is 34.1 Å². The van der Waals surface area contributed by atoms with E-state index in [1.165, 1.54) is 0 Å². The van der Waals surface area contributed by atoms with Crippen molar-refractivity contribution in [3.63, 3.8) is 0 Å². The number of anilines is 1. The van der Waals surface area contributed by atoms with E-state index in [1.807, 2.05) is 6.07 Å². The van der Waals surface area contributed by atoms with E-state index in [9.17, 15) is 14.7 Å². The lowest BCUT2D eigenvalue weighted by Crippen LogP contribution is -2.30. The van der Waals surface area contributed by atoms with Crippen molar-refractivity contribution in [1.82, 2.24) is 4.57 Å². The van der Waals surface area contributed by atoms with Crippen LogP contribution in [0.25, 0.3) is 10.9 Å². The number of halogens is 1. The van der Waals surface area contributed by atoms with Crippen LogP contribution >= 0.6 is 11.6 Å². The van der Waals surface area contributed by atoms with Gasteiger partial charge in [-0.05, 0) is 42.8 Å². The van der Waals surface area contributed by atoms with E-state index in [2.05, 4.69) is 12.2 Å². The molecular weight excluding hydrogens is 376 g/mol. The number of nitrogens with one attached hydrogen (secondary N) is 1. The number of aromatic hydroxyl groups is 1. The Morgan fingerprint density at radius 3 is 2.50 bits per heavy atom. The normalized spacial score (nSPS) is 10.9. The van der Waals surface area contributed by atoms with Crippen molar-refractivity contribution in [2.45, 2.75) is 39.2 Å². The number of rotatable bonds is 7. The highest BCUT2D eigenvalue weighted by Crippen LogP contribution is 2.27. The van der Waals surface area contributed by atoms with Gasteiger partial charge in [0.1, 0.15) is 11.3 Å². The first-order chi connectivity index (χ1) is 13.5. The lowest BCUT2D eigenvalue weighted by Gasteiger charge is -2.15.